The number of hydrogen-bond acceptors (Lipinski definition) is 4. The van der Waals surface area contributed by atoms with Gasteiger partial charge in [-0.1, -0.05) is 26.3 Å². The van der Waals surface area contributed by atoms with Gasteiger partial charge in [0.15, 0.2) is 0 Å². The summed E-state index contributed by atoms with van der Waals surface area (Å²) in [6, 6.07) is 4.83. The molecule has 0 saturated carbocycles. The summed E-state index contributed by atoms with van der Waals surface area (Å²) in [5, 5.41) is 0. The summed E-state index contributed by atoms with van der Waals surface area (Å²) in [6.07, 6.45) is 2.49. The van der Waals surface area contributed by atoms with Gasteiger partial charge >= 0.3 is 0 Å². The van der Waals surface area contributed by atoms with Crippen LogP contribution in [0.3, 0.4) is 0 Å². The quantitative estimate of drug-likeness (QED) is 0.892. The standard InChI is InChI=1S/C16H24N4O2.ClH/c1-3-12(2)14(17)16(22)20-10-8-19(9-11-20)15(21)13-6-4-5-7-18-13;/h4-7,12,14H,3,8-11,17H2,1-2H3;1H. The van der Waals surface area contributed by atoms with E-state index in [1.165, 1.54) is 0 Å². The van der Waals surface area contributed by atoms with Crippen LogP contribution in [0.4, 0.5) is 0 Å². The number of carbonyl (C=O) groups excluding carboxylic acids is 2. The van der Waals surface area contributed by atoms with Crippen molar-refractivity contribution in [3.8, 4) is 0 Å². The summed E-state index contributed by atoms with van der Waals surface area (Å²) in [4.78, 5) is 32.2. The van der Waals surface area contributed by atoms with Crippen molar-refractivity contribution in [2.24, 2.45) is 11.7 Å². The average molecular weight is 341 g/mol. The lowest BCUT2D eigenvalue weighted by molar-refractivity contribution is -0.135. The Hall–Kier alpha value is -1.66. The van der Waals surface area contributed by atoms with Gasteiger partial charge in [-0.3, -0.25) is 14.6 Å². The van der Waals surface area contributed by atoms with E-state index in [4.69, 9.17) is 5.73 Å². The van der Waals surface area contributed by atoms with Crippen LogP contribution in [-0.4, -0.2) is 58.8 Å². The van der Waals surface area contributed by atoms with Gasteiger partial charge in [0, 0.05) is 32.4 Å². The van der Waals surface area contributed by atoms with Crippen molar-refractivity contribution >= 4 is 24.2 Å². The normalized spacial score (nSPS) is 17.2. The summed E-state index contributed by atoms with van der Waals surface area (Å²) in [6.45, 7) is 6.12. The van der Waals surface area contributed by atoms with E-state index in [2.05, 4.69) is 4.98 Å². The Morgan fingerprint density at radius 1 is 1.22 bits per heavy atom. The smallest absolute Gasteiger partial charge is 0.272 e. The highest BCUT2D eigenvalue weighted by molar-refractivity contribution is 5.92. The molecule has 2 unspecified atom stereocenters. The van der Waals surface area contributed by atoms with Crippen molar-refractivity contribution in [2.75, 3.05) is 26.2 Å². The van der Waals surface area contributed by atoms with Crippen LogP contribution in [0.1, 0.15) is 30.8 Å². The number of nitrogens with two attached hydrogens (primary N) is 1. The van der Waals surface area contributed by atoms with E-state index in [0.717, 1.165) is 6.42 Å². The van der Waals surface area contributed by atoms with Gasteiger partial charge in [0.25, 0.3) is 5.91 Å². The molecule has 1 aromatic heterocycles. The molecule has 1 aliphatic rings. The number of amides is 2. The second-order valence-electron chi connectivity index (χ2n) is 5.74. The number of pyridine rings is 1. The van der Waals surface area contributed by atoms with Crippen LogP contribution in [0.5, 0.6) is 0 Å². The Kier molecular flexibility index (Phi) is 7.45. The van der Waals surface area contributed by atoms with Crippen LogP contribution in [0.15, 0.2) is 24.4 Å². The summed E-state index contributed by atoms with van der Waals surface area (Å²) >= 11 is 0. The first-order valence-electron chi connectivity index (χ1n) is 7.79. The van der Waals surface area contributed by atoms with Gasteiger partial charge in [0.1, 0.15) is 5.69 Å². The summed E-state index contributed by atoms with van der Waals surface area (Å²) < 4.78 is 0. The fourth-order valence-corrected chi connectivity index (χ4v) is 2.49. The average Bonchev–Trinajstić information content (AvgIpc) is 2.60. The van der Waals surface area contributed by atoms with E-state index in [0.29, 0.717) is 31.9 Å². The number of aromatic nitrogens is 1. The molecule has 1 aromatic rings. The molecule has 6 nitrogen and oxygen atoms in total. The molecular weight excluding hydrogens is 316 g/mol. The van der Waals surface area contributed by atoms with E-state index in [-0.39, 0.29) is 30.1 Å². The van der Waals surface area contributed by atoms with E-state index in [1.807, 2.05) is 13.8 Å². The molecule has 1 aliphatic heterocycles. The minimum absolute atomic E-state index is 0. The van der Waals surface area contributed by atoms with Crippen molar-refractivity contribution < 1.29 is 9.59 Å². The highest BCUT2D eigenvalue weighted by atomic mass is 35.5. The maximum absolute atomic E-state index is 12.3. The second-order valence-corrected chi connectivity index (χ2v) is 5.74. The molecule has 2 heterocycles. The van der Waals surface area contributed by atoms with E-state index in [1.54, 1.807) is 34.2 Å². The first-order chi connectivity index (χ1) is 10.5. The Morgan fingerprint density at radius 2 is 1.83 bits per heavy atom. The molecule has 2 N–H and O–H groups in total. The highest BCUT2D eigenvalue weighted by Gasteiger charge is 2.29. The summed E-state index contributed by atoms with van der Waals surface area (Å²) in [5.74, 6) is 0.0684. The molecule has 0 radical (unpaired) electrons. The van der Waals surface area contributed by atoms with Gasteiger partial charge in [0.2, 0.25) is 5.91 Å². The predicted molar refractivity (Wildman–Crippen MR) is 91.4 cm³/mol. The number of rotatable bonds is 4. The topological polar surface area (TPSA) is 79.5 Å². The fourth-order valence-electron chi connectivity index (χ4n) is 2.49. The molecule has 7 heteroatoms. The molecule has 2 rings (SSSR count). The molecule has 23 heavy (non-hydrogen) atoms. The zero-order chi connectivity index (χ0) is 16.1. The number of nitrogens with zero attached hydrogens (tertiary/aromatic N) is 3. The van der Waals surface area contributed by atoms with E-state index < -0.39 is 6.04 Å². The molecule has 0 bridgehead atoms. The van der Waals surface area contributed by atoms with Crippen molar-refractivity contribution in [3.05, 3.63) is 30.1 Å². The van der Waals surface area contributed by atoms with Crippen LogP contribution >= 0.6 is 12.4 Å². The number of halogens is 1. The summed E-state index contributed by atoms with van der Waals surface area (Å²) in [7, 11) is 0. The maximum atomic E-state index is 12.3. The predicted octanol–water partition coefficient (Wildman–Crippen LogP) is 1.16. The lowest BCUT2D eigenvalue weighted by Gasteiger charge is -2.36. The zero-order valence-electron chi connectivity index (χ0n) is 13.6. The minimum Gasteiger partial charge on any atom is -0.338 e. The Balaban J connectivity index is 0.00000264. The Bertz CT molecular complexity index is 518. The molecule has 128 valence electrons. The van der Waals surface area contributed by atoms with Crippen molar-refractivity contribution in [1.29, 1.82) is 0 Å². The first kappa shape index (κ1) is 19.4. The van der Waals surface area contributed by atoms with Gasteiger partial charge in [-0.2, -0.15) is 0 Å². The monoisotopic (exact) mass is 340 g/mol. The van der Waals surface area contributed by atoms with Crippen LogP contribution < -0.4 is 5.73 Å². The van der Waals surface area contributed by atoms with Gasteiger partial charge < -0.3 is 15.5 Å². The second kappa shape index (κ2) is 8.84. The number of piperazine rings is 1. The van der Waals surface area contributed by atoms with Crippen LogP contribution in [0.25, 0.3) is 0 Å². The van der Waals surface area contributed by atoms with Crippen molar-refractivity contribution in [1.82, 2.24) is 14.8 Å². The lowest BCUT2D eigenvalue weighted by atomic mass is 9.98. The molecule has 0 spiro atoms. The SMILES string of the molecule is CCC(C)C(N)C(=O)N1CCN(C(=O)c2ccccn2)CC1.Cl. The highest BCUT2D eigenvalue weighted by Crippen LogP contribution is 2.12. The van der Waals surface area contributed by atoms with E-state index in [9.17, 15) is 9.59 Å². The molecule has 0 aliphatic carbocycles. The van der Waals surface area contributed by atoms with Gasteiger partial charge in [-0.15, -0.1) is 12.4 Å². The minimum atomic E-state index is -0.456. The molecular formula is C16H25ClN4O2. The third kappa shape index (κ3) is 4.65. The Labute approximate surface area is 143 Å². The number of hydrogen-bond donors (Lipinski definition) is 1. The maximum Gasteiger partial charge on any atom is 0.272 e. The van der Waals surface area contributed by atoms with Crippen molar-refractivity contribution in [2.45, 2.75) is 26.3 Å². The number of carbonyl (C=O) groups is 2. The molecule has 2 atom stereocenters. The molecule has 1 saturated heterocycles. The third-order valence-corrected chi connectivity index (χ3v) is 4.30. The molecule has 0 aromatic carbocycles. The van der Waals surface area contributed by atoms with Gasteiger partial charge in [0.05, 0.1) is 6.04 Å². The molecule has 2 amide bonds. The zero-order valence-corrected chi connectivity index (χ0v) is 14.5. The largest absolute Gasteiger partial charge is 0.338 e. The lowest BCUT2D eigenvalue weighted by Crippen LogP contribution is -2.55. The third-order valence-electron chi connectivity index (χ3n) is 4.30. The Morgan fingerprint density at radius 3 is 2.35 bits per heavy atom. The summed E-state index contributed by atoms with van der Waals surface area (Å²) in [5.41, 5.74) is 6.45. The van der Waals surface area contributed by atoms with Crippen molar-refractivity contribution in [3.63, 3.8) is 0 Å². The van der Waals surface area contributed by atoms with Crippen LogP contribution in [-0.2, 0) is 4.79 Å². The van der Waals surface area contributed by atoms with Gasteiger partial charge in [-0.25, -0.2) is 0 Å². The first-order valence-corrected chi connectivity index (χ1v) is 7.79. The van der Waals surface area contributed by atoms with Crippen LogP contribution in [0.2, 0.25) is 0 Å². The van der Waals surface area contributed by atoms with E-state index >= 15 is 0 Å². The molecule has 1 fully saturated rings. The van der Waals surface area contributed by atoms with Gasteiger partial charge in [-0.05, 0) is 18.1 Å². The van der Waals surface area contributed by atoms with Crippen LogP contribution in [0, 0.1) is 5.92 Å². The fraction of sp³-hybridized carbons (Fsp3) is 0.562.